The average molecular weight is 300 g/mol. The Hall–Kier alpha value is -2.14. The summed E-state index contributed by atoms with van der Waals surface area (Å²) in [6.45, 7) is 0.590. The molecule has 0 atom stereocenters. The summed E-state index contributed by atoms with van der Waals surface area (Å²) in [5.41, 5.74) is 2.74. The van der Waals surface area contributed by atoms with E-state index in [2.05, 4.69) is 4.98 Å². The Morgan fingerprint density at radius 1 is 1.00 bits per heavy atom. The highest BCUT2D eigenvalue weighted by molar-refractivity contribution is 7.90. The van der Waals surface area contributed by atoms with E-state index >= 15 is 0 Å². The van der Waals surface area contributed by atoms with E-state index in [0.29, 0.717) is 12.1 Å². The third-order valence-electron chi connectivity index (χ3n) is 3.42. The van der Waals surface area contributed by atoms with Crippen molar-refractivity contribution in [2.24, 2.45) is 0 Å². The van der Waals surface area contributed by atoms with E-state index in [1.807, 2.05) is 54.6 Å². The van der Waals surface area contributed by atoms with Crippen molar-refractivity contribution in [2.75, 3.05) is 6.26 Å². The SMILES string of the molecule is CS(=O)(=O)c1nc2ccccc2n1CCc1ccccc1. The summed E-state index contributed by atoms with van der Waals surface area (Å²) in [6, 6.07) is 17.5. The van der Waals surface area contributed by atoms with Gasteiger partial charge in [0.25, 0.3) is 0 Å². The Balaban J connectivity index is 2.03. The van der Waals surface area contributed by atoms with Gasteiger partial charge in [-0.3, -0.25) is 0 Å². The van der Waals surface area contributed by atoms with E-state index < -0.39 is 9.84 Å². The van der Waals surface area contributed by atoms with Gasteiger partial charge in [-0.2, -0.15) is 0 Å². The summed E-state index contributed by atoms with van der Waals surface area (Å²) >= 11 is 0. The van der Waals surface area contributed by atoms with E-state index in [1.54, 1.807) is 4.57 Å². The number of para-hydroxylation sites is 2. The van der Waals surface area contributed by atoms with Crippen LogP contribution in [0.25, 0.3) is 11.0 Å². The highest BCUT2D eigenvalue weighted by Gasteiger charge is 2.18. The first-order valence-corrected chi connectivity index (χ1v) is 8.64. The molecule has 4 nitrogen and oxygen atoms in total. The Morgan fingerprint density at radius 2 is 1.67 bits per heavy atom. The molecule has 3 aromatic rings. The Bertz CT molecular complexity index is 868. The second-order valence-electron chi connectivity index (χ2n) is 5.04. The molecule has 0 saturated carbocycles. The maximum absolute atomic E-state index is 12.0. The molecule has 0 saturated heterocycles. The zero-order valence-electron chi connectivity index (χ0n) is 11.7. The van der Waals surface area contributed by atoms with Gasteiger partial charge in [0.1, 0.15) is 0 Å². The first kappa shape index (κ1) is 13.8. The summed E-state index contributed by atoms with van der Waals surface area (Å²) in [5.74, 6) is 0. The van der Waals surface area contributed by atoms with Crippen molar-refractivity contribution in [1.29, 1.82) is 0 Å². The van der Waals surface area contributed by atoms with Gasteiger partial charge in [-0.05, 0) is 24.1 Å². The maximum atomic E-state index is 12.0. The first-order valence-electron chi connectivity index (χ1n) is 6.75. The highest BCUT2D eigenvalue weighted by Crippen LogP contribution is 2.20. The fourth-order valence-corrected chi connectivity index (χ4v) is 3.29. The molecule has 2 aromatic carbocycles. The minimum absolute atomic E-state index is 0.139. The van der Waals surface area contributed by atoms with Crippen molar-refractivity contribution in [2.45, 2.75) is 18.1 Å². The first-order chi connectivity index (χ1) is 10.1. The van der Waals surface area contributed by atoms with Crippen molar-refractivity contribution in [3.8, 4) is 0 Å². The van der Waals surface area contributed by atoms with Gasteiger partial charge in [-0.15, -0.1) is 0 Å². The monoisotopic (exact) mass is 300 g/mol. The molecule has 1 heterocycles. The normalized spacial score (nSPS) is 11.9. The lowest BCUT2D eigenvalue weighted by atomic mass is 10.1. The number of hydrogen-bond acceptors (Lipinski definition) is 3. The molecule has 0 radical (unpaired) electrons. The minimum Gasteiger partial charge on any atom is -0.314 e. The number of benzene rings is 2. The third kappa shape index (κ3) is 2.83. The standard InChI is InChI=1S/C16H16N2O2S/c1-21(19,20)16-17-14-9-5-6-10-15(14)18(16)12-11-13-7-3-2-4-8-13/h2-10H,11-12H2,1H3. The largest absolute Gasteiger partial charge is 0.314 e. The van der Waals surface area contributed by atoms with Crippen LogP contribution >= 0.6 is 0 Å². The second kappa shape index (κ2) is 5.33. The summed E-state index contributed by atoms with van der Waals surface area (Å²) < 4.78 is 25.7. The van der Waals surface area contributed by atoms with Crippen LogP contribution in [0.4, 0.5) is 0 Å². The number of imidazole rings is 1. The van der Waals surface area contributed by atoms with Crippen LogP contribution in [-0.4, -0.2) is 24.2 Å². The Morgan fingerprint density at radius 3 is 2.38 bits per heavy atom. The zero-order chi connectivity index (χ0) is 14.9. The lowest BCUT2D eigenvalue weighted by molar-refractivity contribution is 0.570. The van der Waals surface area contributed by atoms with Crippen molar-refractivity contribution >= 4 is 20.9 Å². The van der Waals surface area contributed by atoms with Gasteiger partial charge >= 0.3 is 0 Å². The molecule has 0 aliphatic carbocycles. The number of aromatic nitrogens is 2. The van der Waals surface area contributed by atoms with Crippen molar-refractivity contribution in [3.05, 3.63) is 60.2 Å². The van der Waals surface area contributed by atoms with Crippen LogP contribution in [0.5, 0.6) is 0 Å². The Labute approximate surface area is 124 Å². The molecule has 0 unspecified atom stereocenters. The molecular formula is C16H16N2O2S. The fourth-order valence-electron chi connectivity index (χ4n) is 2.44. The maximum Gasteiger partial charge on any atom is 0.228 e. The zero-order valence-corrected chi connectivity index (χ0v) is 12.5. The molecule has 5 heteroatoms. The van der Waals surface area contributed by atoms with Crippen molar-refractivity contribution < 1.29 is 8.42 Å². The molecule has 0 spiro atoms. The molecule has 1 aromatic heterocycles. The van der Waals surface area contributed by atoms with Gasteiger partial charge in [0.05, 0.1) is 11.0 Å². The molecule has 0 amide bonds. The number of nitrogens with zero attached hydrogens (tertiary/aromatic N) is 2. The van der Waals surface area contributed by atoms with Gasteiger partial charge in [-0.25, -0.2) is 13.4 Å². The van der Waals surface area contributed by atoms with E-state index in [1.165, 1.54) is 11.8 Å². The van der Waals surface area contributed by atoms with Crippen LogP contribution in [-0.2, 0) is 22.8 Å². The number of hydrogen-bond donors (Lipinski definition) is 0. The molecule has 21 heavy (non-hydrogen) atoms. The molecule has 0 aliphatic heterocycles. The molecule has 3 rings (SSSR count). The quantitative estimate of drug-likeness (QED) is 0.744. The third-order valence-corrected chi connectivity index (χ3v) is 4.39. The molecule has 0 bridgehead atoms. The van der Waals surface area contributed by atoms with Crippen LogP contribution < -0.4 is 0 Å². The molecule has 108 valence electrons. The van der Waals surface area contributed by atoms with Crippen molar-refractivity contribution in [1.82, 2.24) is 9.55 Å². The number of rotatable bonds is 4. The molecule has 0 fully saturated rings. The fraction of sp³-hybridized carbons (Fsp3) is 0.188. The van der Waals surface area contributed by atoms with E-state index in [-0.39, 0.29) is 5.16 Å². The lowest BCUT2D eigenvalue weighted by Gasteiger charge is -2.08. The second-order valence-corrected chi connectivity index (χ2v) is 6.95. The predicted octanol–water partition coefficient (Wildman–Crippen LogP) is 2.68. The molecule has 0 aliphatic rings. The predicted molar refractivity (Wildman–Crippen MR) is 83.0 cm³/mol. The van der Waals surface area contributed by atoms with Gasteiger partial charge in [0.15, 0.2) is 0 Å². The molecular weight excluding hydrogens is 284 g/mol. The highest BCUT2D eigenvalue weighted by atomic mass is 32.2. The summed E-state index contributed by atoms with van der Waals surface area (Å²) in [4.78, 5) is 4.27. The lowest BCUT2D eigenvalue weighted by Crippen LogP contribution is -2.11. The smallest absolute Gasteiger partial charge is 0.228 e. The van der Waals surface area contributed by atoms with Crippen LogP contribution in [0, 0.1) is 0 Å². The van der Waals surface area contributed by atoms with E-state index in [9.17, 15) is 8.42 Å². The van der Waals surface area contributed by atoms with Gasteiger partial charge in [0.2, 0.25) is 15.0 Å². The van der Waals surface area contributed by atoms with Crippen molar-refractivity contribution in [3.63, 3.8) is 0 Å². The number of sulfone groups is 1. The van der Waals surface area contributed by atoms with Gasteiger partial charge in [0, 0.05) is 12.8 Å². The van der Waals surface area contributed by atoms with Gasteiger partial charge < -0.3 is 4.57 Å². The van der Waals surface area contributed by atoms with Crippen LogP contribution in [0.2, 0.25) is 0 Å². The summed E-state index contributed by atoms with van der Waals surface area (Å²) in [7, 11) is -3.35. The van der Waals surface area contributed by atoms with E-state index in [0.717, 1.165) is 11.9 Å². The summed E-state index contributed by atoms with van der Waals surface area (Å²) in [5, 5.41) is 0.139. The number of aryl methyl sites for hydroxylation is 2. The average Bonchev–Trinajstić information content (AvgIpc) is 2.85. The summed E-state index contributed by atoms with van der Waals surface area (Å²) in [6.07, 6.45) is 1.97. The van der Waals surface area contributed by atoms with Crippen LogP contribution in [0.15, 0.2) is 59.8 Å². The van der Waals surface area contributed by atoms with Crippen LogP contribution in [0.3, 0.4) is 0 Å². The minimum atomic E-state index is -3.35. The van der Waals surface area contributed by atoms with Gasteiger partial charge in [-0.1, -0.05) is 42.5 Å². The topological polar surface area (TPSA) is 52.0 Å². The molecule has 0 N–H and O–H groups in total. The number of fused-ring (bicyclic) bond motifs is 1. The van der Waals surface area contributed by atoms with E-state index in [4.69, 9.17) is 0 Å². The Kier molecular flexibility index (Phi) is 3.51. The van der Waals surface area contributed by atoms with Crippen LogP contribution in [0.1, 0.15) is 5.56 Å².